The van der Waals surface area contributed by atoms with Crippen LogP contribution in [-0.2, 0) is 12.4 Å². The van der Waals surface area contributed by atoms with Gasteiger partial charge in [0.2, 0.25) is 0 Å². The van der Waals surface area contributed by atoms with E-state index in [2.05, 4.69) is 5.32 Å². The fourth-order valence-electron chi connectivity index (χ4n) is 3.78. The highest BCUT2D eigenvalue weighted by molar-refractivity contribution is 5.89. The molecule has 10 heteroatoms. The summed E-state index contributed by atoms with van der Waals surface area (Å²) in [6, 6.07) is 0.144. The lowest BCUT2D eigenvalue weighted by atomic mass is 9.77. The predicted molar refractivity (Wildman–Crippen MR) is 95.3 cm³/mol. The molecule has 0 spiro atoms. The number of alkyl halides is 6. The zero-order valence-electron chi connectivity index (χ0n) is 16.1. The third kappa shape index (κ3) is 5.55. The number of nitrogens with one attached hydrogen (secondary N) is 1. The van der Waals surface area contributed by atoms with Crippen LogP contribution in [0.2, 0.25) is 0 Å². The molecule has 1 aromatic carbocycles. The second-order valence-electron chi connectivity index (χ2n) is 7.33. The Labute approximate surface area is 164 Å². The van der Waals surface area contributed by atoms with Crippen molar-refractivity contribution in [3.05, 3.63) is 29.3 Å². The molecule has 0 aliphatic carbocycles. The van der Waals surface area contributed by atoms with Crippen molar-refractivity contribution in [1.82, 2.24) is 4.90 Å². The standard InChI is InChI=1S/C19H24F6N2O2/c1-3-12(4-2)17(29)5-7-27(8-6-17)16(28)26-15-10-13(18(20,21)22)9-14(11-15)19(23,24)25/h9-12,29H,3-8H2,1-2H3,(H,26,28). The molecule has 1 heterocycles. The largest absolute Gasteiger partial charge is 0.416 e. The average Bonchev–Trinajstić information content (AvgIpc) is 2.61. The summed E-state index contributed by atoms with van der Waals surface area (Å²) < 4.78 is 77.6. The summed E-state index contributed by atoms with van der Waals surface area (Å²) in [7, 11) is 0. The van der Waals surface area contributed by atoms with Crippen LogP contribution in [0.15, 0.2) is 18.2 Å². The Morgan fingerprint density at radius 3 is 1.86 bits per heavy atom. The van der Waals surface area contributed by atoms with Crippen molar-refractivity contribution < 1.29 is 36.2 Å². The molecule has 1 aromatic rings. The summed E-state index contributed by atoms with van der Waals surface area (Å²) in [5, 5.41) is 12.9. The minimum absolute atomic E-state index is 0.00625. The molecule has 0 bridgehead atoms. The summed E-state index contributed by atoms with van der Waals surface area (Å²) >= 11 is 0. The molecule has 164 valence electrons. The lowest BCUT2D eigenvalue weighted by molar-refractivity contribution is -0.143. The van der Waals surface area contributed by atoms with Gasteiger partial charge in [0.05, 0.1) is 16.7 Å². The van der Waals surface area contributed by atoms with Gasteiger partial charge in [-0.25, -0.2) is 4.79 Å². The molecule has 0 unspecified atom stereocenters. The van der Waals surface area contributed by atoms with Gasteiger partial charge in [-0.15, -0.1) is 0 Å². The number of halogens is 6. The molecule has 29 heavy (non-hydrogen) atoms. The zero-order chi connectivity index (χ0) is 22.0. The van der Waals surface area contributed by atoms with Crippen molar-refractivity contribution in [1.29, 1.82) is 0 Å². The monoisotopic (exact) mass is 426 g/mol. The number of benzene rings is 1. The van der Waals surface area contributed by atoms with E-state index in [0.717, 1.165) is 12.8 Å². The molecule has 0 atom stereocenters. The van der Waals surface area contributed by atoms with E-state index >= 15 is 0 Å². The van der Waals surface area contributed by atoms with Gasteiger partial charge in [-0.1, -0.05) is 26.7 Å². The highest BCUT2D eigenvalue weighted by Gasteiger charge is 2.40. The first-order valence-electron chi connectivity index (χ1n) is 9.38. The maximum Gasteiger partial charge on any atom is 0.416 e. The summed E-state index contributed by atoms with van der Waals surface area (Å²) in [5.41, 5.74) is -4.51. The molecule has 0 radical (unpaired) electrons. The molecule has 4 nitrogen and oxygen atoms in total. The zero-order valence-corrected chi connectivity index (χ0v) is 16.1. The molecular weight excluding hydrogens is 402 g/mol. The molecule has 1 fully saturated rings. The van der Waals surface area contributed by atoms with Crippen LogP contribution in [0.3, 0.4) is 0 Å². The van der Waals surface area contributed by atoms with Crippen molar-refractivity contribution in [3.8, 4) is 0 Å². The third-order valence-electron chi connectivity index (χ3n) is 5.50. The van der Waals surface area contributed by atoms with Crippen molar-refractivity contribution in [2.75, 3.05) is 18.4 Å². The smallest absolute Gasteiger partial charge is 0.389 e. The van der Waals surface area contributed by atoms with E-state index in [1.54, 1.807) is 0 Å². The number of urea groups is 1. The SMILES string of the molecule is CCC(CC)C1(O)CCN(C(=O)Nc2cc(C(F)(F)F)cc(C(F)(F)F)c2)CC1. The minimum atomic E-state index is -4.99. The number of carbonyl (C=O) groups is 1. The van der Waals surface area contributed by atoms with Crippen LogP contribution >= 0.6 is 0 Å². The van der Waals surface area contributed by atoms with Gasteiger partial charge < -0.3 is 15.3 Å². The van der Waals surface area contributed by atoms with Crippen LogP contribution < -0.4 is 5.32 Å². The fourth-order valence-corrected chi connectivity index (χ4v) is 3.78. The van der Waals surface area contributed by atoms with Crippen molar-refractivity contribution in [2.24, 2.45) is 5.92 Å². The van der Waals surface area contributed by atoms with Crippen molar-refractivity contribution >= 4 is 11.7 Å². The Kier molecular flexibility index (Phi) is 6.76. The van der Waals surface area contributed by atoms with E-state index in [4.69, 9.17) is 0 Å². The van der Waals surface area contributed by atoms with E-state index in [0.29, 0.717) is 25.0 Å². The number of anilines is 1. The van der Waals surface area contributed by atoms with Gasteiger partial charge in [0.15, 0.2) is 0 Å². The summed E-state index contributed by atoms with van der Waals surface area (Å²) in [6.07, 6.45) is -7.85. The Bertz CT molecular complexity index is 688. The van der Waals surface area contributed by atoms with Crippen LogP contribution in [0.4, 0.5) is 36.8 Å². The normalized spacial score (nSPS) is 17.5. The topological polar surface area (TPSA) is 52.6 Å². The van der Waals surface area contributed by atoms with E-state index in [1.807, 2.05) is 13.8 Å². The quantitative estimate of drug-likeness (QED) is 0.623. The Balaban J connectivity index is 2.15. The number of nitrogens with zero attached hydrogens (tertiary/aromatic N) is 1. The Morgan fingerprint density at radius 2 is 1.48 bits per heavy atom. The lowest BCUT2D eigenvalue weighted by Crippen LogP contribution is -2.51. The van der Waals surface area contributed by atoms with Crippen molar-refractivity contribution in [3.63, 3.8) is 0 Å². The van der Waals surface area contributed by atoms with Crippen LogP contribution in [-0.4, -0.2) is 34.7 Å². The Hall–Kier alpha value is -1.97. The van der Waals surface area contributed by atoms with Gasteiger partial charge in [0.1, 0.15) is 0 Å². The second kappa shape index (κ2) is 8.41. The fraction of sp³-hybridized carbons (Fsp3) is 0.632. The number of hydrogen-bond donors (Lipinski definition) is 2. The Morgan fingerprint density at radius 1 is 1.03 bits per heavy atom. The first-order valence-corrected chi connectivity index (χ1v) is 9.38. The first kappa shape index (κ1) is 23.3. The van der Waals surface area contributed by atoms with Crippen molar-refractivity contribution in [2.45, 2.75) is 57.5 Å². The van der Waals surface area contributed by atoms with Gasteiger partial charge in [-0.2, -0.15) is 26.3 Å². The number of rotatable bonds is 4. The van der Waals surface area contributed by atoms with Gasteiger partial charge >= 0.3 is 18.4 Å². The summed E-state index contributed by atoms with van der Waals surface area (Å²) in [4.78, 5) is 13.7. The van der Waals surface area contributed by atoms with E-state index in [1.165, 1.54) is 4.90 Å². The highest BCUT2D eigenvalue weighted by Crippen LogP contribution is 2.38. The molecule has 2 rings (SSSR count). The summed E-state index contributed by atoms with van der Waals surface area (Å²) in [5.74, 6) is 0.0607. The van der Waals surface area contributed by atoms with Crippen LogP contribution in [0, 0.1) is 5.92 Å². The van der Waals surface area contributed by atoms with Gasteiger partial charge in [0, 0.05) is 18.8 Å². The maximum atomic E-state index is 12.9. The van der Waals surface area contributed by atoms with E-state index < -0.39 is 40.8 Å². The molecule has 2 N–H and O–H groups in total. The van der Waals surface area contributed by atoms with E-state index in [9.17, 15) is 36.2 Å². The third-order valence-corrected chi connectivity index (χ3v) is 5.50. The number of hydrogen-bond acceptors (Lipinski definition) is 2. The molecule has 1 aliphatic rings. The second-order valence-corrected chi connectivity index (χ2v) is 7.33. The van der Waals surface area contributed by atoms with Crippen LogP contribution in [0.25, 0.3) is 0 Å². The average molecular weight is 426 g/mol. The number of aliphatic hydroxyl groups is 1. The molecule has 1 saturated heterocycles. The summed E-state index contributed by atoms with van der Waals surface area (Å²) in [6.45, 7) is 4.22. The van der Waals surface area contributed by atoms with Gasteiger partial charge in [-0.3, -0.25) is 0 Å². The van der Waals surface area contributed by atoms with Crippen LogP contribution in [0.1, 0.15) is 50.7 Å². The van der Waals surface area contributed by atoms with E-state index in [-0.39, 0.29) is 25.1 Å². The molecule has 2 amide bonds. The van der Waals surface area contributed by atoms with Crippen LogP contribution in [0.5, 0.6) is 0 Å². The number of amides is 2. The maximum absolute atomic E-state index is 12.9. The molecule has 0 saturated carbocycles. The highest BCUT2D eigenvalue weighted by atomic mass is 19.4. The molecular formula is C19H24F6N2O2. The van der Waals surface area contributed by atoms with Gasteiger partial charge in [0.25, 0.3) is 0 Å². The number of piperidine rings is 1. The van der Waals surface area contributed by atoms with Gasteiger partial charge in [-0.05, 0) is 37.0 Å². The first-order chi connectivity index (χ1) is 13.3. The number of likely N-dealkylation sites (tertiary alicyclic amines) is 1. The minimum Gasteiger partial charge on any atom is -0.389 e. The lowest BCUT2D eigenvalue weighted by Gasteiger charge is -2.42. The predicted octanol–water partition coefficient (Wildman–Crippen LogP) is 5.52. The molecule has 0 aromatic heterocycles. The number of carbonyl (C=O) groups excluding carboxylic acids is 1. The molecule has 1 aliphatic heterocycles.